The average Bonchev–Trinajstić information content (AvgIpc) is 3.44. The van der Waals surface area contributed by atoms with Crippen LogP contribution in [0.3, 0.4) is 0 Å². The molecule has 4 N–H and O–H groups in total. The summed E-state index contributed by atoms with van der Waals surface area (Å²) in [4.78, 5) is 37.8. The molecule has 10 heteroatoms. The van der Waals surface area contributed by atoms with Crippen LogP contribution >= 0.6 is 11.3 Å². The molecule has 1 aliphatic carbocycles. The summed E-state index contributed by atoms with van der Waals surface area (Å²) in [5, 5.41) is 6.70. The highest BCUT2D eigenvalue weighted by Crippen LogP contribution is 2.45. The molecule has 176 valence electrons. The molecule has 0 saturated heterocycles. The number of hydrogen-bond acceptors (Lipinski definition) is 7. The molecule has 1 aliphatic heterocycles. The highest BCUT2D eigenvalue weighted by molar-refractivity contribution is 7.21. The second kappa shape index (κ2) is 8.64. The first-order valence-electron chi connectivity index (χ1n) is 11.3. The summed E-state index contributed by atoms with van der Waals surface area (Å²) >= 11 is 1.27. The summed E-state index contributed by atoms with van der Waals surface area (Å²) in [6.45, 7) is 0. The lowest BCUT2D eigenvalue weighted by Crippen LogP contribution is -2.36. The van der Waals surface area contributed by atoms with Crippen molar-refractivity contribution in [2.45, 2.75) is 31.3 Å². The molecular weight excluding hydrogens is 464 g/mol. The summed E-state index contributed by atoms with van der Waals surface area (Å²) in [5.41, 5.74) is 7.69. The van der Waals surface area contributed by atoms with Crippen LogP contribution < -0.4 is 26.0 Å². The minimum Gasteiger partial charge on any atom is -0.439 e. The molecule has 4 aromatic rings. The lowest BCUT2D eigenvalue weighted by Gasteiger charge is -2.28. The Balaban J connectivity index is 1.31. The zero-order valence-corrected chi connectivity index (χ0v) is 19.4. The van der Waals surface area contributed by atoms with Crippen LogP contribution in [-0.2, 0) is 0 Å². The summed E-state index contributed by atoms with van der Waals surface area (Å²) in [7, 11) is 0. The lowest BCUT2D eigenvalue weighted by atomic mass is 10.1. The van der Waals surface area contributed by atoms with Crippen molar-refractivity contribution in [3.8, 4) is 11.6 Å². The molecule has 0 radical (unpaired) electrons. The van der Waals surface area contributed by atoms with E-state index in [9.17, 15) is 9.59 Å². The molecule has 1 saturated carbocycles. The van der Waals surface area contributed by atoms with Crippen molar-refractivity contribution in [1.29, 1.82) is 0 Å². The van der Waals surface area contributed by atoms with E-state index in [1.54, 1.807) is 30.6 Å². The number of amides is 3. The highest BCUT2D eigenvalue weighted by Gasteiger charge is 2.34. The number of hydrogen-bond donors (Lipinski definition) is 3. The Labute approximate surface area is 204 Å². The van der Waals surface area contributed by atoms with Gasteiger partial charge in [-0.25, -0.2) is 14.8 Å². The predicted molar refractivity (Wildman–Crippen MR) is 135 cm³/mol. The van der Waals surface area contributed by atoms with Gasteiger partial charge in [-0.05, 0) is 43.5 Å². The van der Waals surface area contributed by atoms with Gasteiger partial charge < -0.3 is 21.1 Å². The number of nitrogens with one attached hydrogen (secondary N) is 2. The van der Waals surface area contributed by atoms with Crippen LogP contribution in [0.5, 0.6) is 11.6 Å². The van der Waals surface area contributed by atoms with Crippen molar-refractivity contribution in [2.24, 2.45) is 5.73 Å². The highest BCUT2D eigenvalue weighted by atomic mass is 32.1. The van der Waals surface area contributed by atoms with Crippen LogP contribution in [0.15, 0.2) is 60.9 Å². The van der Waals surface area contributed by atoms with Gasteiger partial charge in [0.2, 0.25) is 5.88 Å². The van der Waals surface area contributed by atoms with E-state index in [4.69, 9.17) is 10.5 Å². The zero-order chi connectivity index (χ0) is 23.9. The fourth-order valence-corrected chi connectivity index (χ4v) is 5.60. The molecule has 0 spiro atoms. The van der Waals surface area contributed by atoms with E-state index in [2.05, 4.69) is 20.6 Å². The van der Waals surface area contributed by atoms with Gasteiger partial charge in [0.25, 0.3) is 5.91 Å². The molecular formula is C25H22N6O3S. The molecule has 2 aliphatic rings. The number of pyridine rings is 2. The van der Waals surface area contributed by atoms with Gasteiger partial charge in [-0.2, -0.15) is 0 Å². The van der Waals surface area contributed by atoms with Gasteiger partial charge in [-0.15, -0.1) is 11.3 Å². The van der Waals surface area contributed by atoms with E-state index < -0.39 is 0 Å². The first kappa shape index (κ1) is 21.5. The predicted octanol–water partition coefficient (Wildman–Crippen LogP) is 4.78. The second-order valence-electron chi connectivity index (χ2n) is 8.60. The molecule has 6 rings (SSSR count). The number of ether oxygens (including phenoxy) is 1. The quantitative estimate of drug-likeness (QED) is 0.373. The van der Waals surface area contributed by atoms with Gasteiger partial charge in [0.05, 0.1) is 28.6 Å². The SMILES string of the molecule is NC1CCC(NC(=O)c2sc3nccc4c3c2NC(=O)N4c2ccc(Oc3ccccc3)nc2)C1. The topological polar surface area (TPSA) is 122 Å². The molecule has 3 amide bonds. The maximum absolute atomic E-state index is 13.2. The number of para-hydroxylation sites is 1. The maximum atomic E-state index is 13.2. The first-order valence-corrected chi connectivity index (χ1v) is 12.2. The number of nitrogens with two attached hydrogens (primary N) is 1. The number of thiophene rings is 1. The normalized spacial score (nSPS) is 19.0. The van der Waals surface area contributed by atoms with E-state index in [-0.39, 0.29) is 24.0 Å². The number of aromatic nitrogens is 2. The van der Waals surface area contributed by atoms with Crippen LogP contribution in [0, 0.1) is 0 Å². The number of benzene rings is 1. The van der Waals surface area contributed by atoms with E-state index in [0.29, 0.717) is 38.4 Å². The lowest BCUT2D eigenvalue weighted by molar-refractivity contribution is 0.0942. The Morgan fingerprint density at radius 3 is 2.74 bits per heavy atom. The number of carbonyl (C=O) groups is 2. The van der Waals surface area contributed by atoms with Crippen molar-refractivity contribution in [3.05, 3.63) is 65.8 Å². The molecule has 3 aromatic heterocycles. The number of nitrogens with zero attached hydrogens (tertiary/aromatic N) is 3. The van der Waals surface area contributed by atoms with Gasteiger partial charge in [0, 0.05) is 24.3 Å². The minimum atomic E-state index is -0.376. The number of urea groups is 1. The summed E-state index contributed by atoms with van der Waals surface area (Å²) in [5.74, 6) is 0.873. The van der Waals surface area contributed by atoms with E-state index in [1.807, 2.05) is 30.3 Å². The van der Waals surface area contributed by atoms with Crippen LogP contribution in [0.4, 0.5) is 21.9 Å². The van der Waals surface area contributed by atoms with Crippen molar-refractivity contribution in [1.82, 2.24) is 15.3 Å². The van der Waals surface area contributed by atoms with Gasteiger partial charge in [0.15, 0.2) is 0 Å². The zero-order valence-electron chi connectivity index (χ0n) is 18.6. The van der Waals surface area contributed by atoms with Gasteiger partial charge in [-0.1, -0.05) is 18.2 Å². The summed E-state index contributed by atoms with van der Waals surface area (Å²) < 4.78 is 5.76. The maximum Gasteiger partial charge on any atom is 0.331 e. The summed E-state index contributed by atoms with van der Waals surface area (Å²) in [6, 6.07) is 14.4. The Bertz CT molecular complexity index is 1420. The molecule has 4 heterocycles. The molecule has 35 heavy (non-hydrogen) atoms. The van der Waals surface area contributed by atoms with Crippen LogP contribution in [0.1, 0.15) is 28.9 Å². The Hall–Kier alpha value is -4.02. The van der Waals surface area contributed by atoms with Crippen molar-refractivity contribution in [2.75, 3.05) is 10.2 Å². The summed E-state index contributed by atoms with van der Waals surface area (Å²) in [6.07, 6.45) is 5.73. The van der Waals surface area contributed by atoms with Crippen LogP contribution in [0.2, 0.25) is 0 Å². The van der Waals surface area contributed by atoms with Crippen LogP contribution in [0.25, 0.3) is 10.2 Å². The van der Waals surface area contributed by atoms with Crippen molar-refractivity contribution < 1.29 is 14.3 Å². The second-order valence-corrected chi connectivity index (χ2v) is 9.59. The van der Waals surface area contributed by atoms with Crippen molar-refractivity contribution >= 4 is 50.6 Å². The Kier molecular flexibility index (Phi) is 5.31. The molecule has 2 atom stereocenters. The van der Waals surface area contributed by atoms with E-state index >= 15 is 0 Å². The number of rotatable bonds is 5. The average molecular weight is 487 g/mol. The van der Waals surface area contributed by atoms with Gasteiger partial charge in [0.1, 0.15) is 15.5 Å². The number of anilines is 3. The molecule has 9 nitrogen and oxygen atoms in total. The third-order valence-corrected chi connectivity index (χ3v) is 7.30. The minimum absolute atomic E-state index is 0.0424. The molecule has 1 fully saturated rings. The standard InChI is InChI=1S/C25H22N6O3S/c26-14-6-7-15(12-14)29-23(32)22-21-20-18(10-11-27-24(20)35-22)31(25(33)30-21)16-8-9-19(28-13-16)34-17-4-2-1-3-5-17/h1-5,8-11,13-15H,6-7,12,26H2,(H,29,32)(H,30,33). The molecule has 1 aromatic carbocycles. The largest absolute Gasteiger partial charge is 0.439 e. The molecule has 2 unspecified atom stereocenters. The number of carbonyl (C=O) groups excluding carboxylic acids is 2. The van der Waals surface area contributed by atoms with Crippen LogP contribution in [-0.4, -0.2) is 34.0 Å². The first-order chi connectivity index (χ1) is 17.1. The van der Waals surface area contributed by atoms with Gasteiger partial charge >= 0.3 is 6.03 Å². The monoisotopic (exact) mass is 486 g/mol. The van der Waals surface area contributed by atoms with E-state index in [0.717, 1.165) is 24.6 Å². The fraction of sp³-hybridized carbons (Fsp3) is 0.200. The smallest absolute Gasteiger partial charge is 0.331 e. The molecule has 0 bridgehead atoms. The van der Waals surface area contributed by atoms with Crippen molar-refractivity contribution in [3.63, 3.8) is 0 Å². The third-order valence-electron chi connectivity index (χ3n) is 6.21. The fourth-order valence-electron chi connectivity index (χ4n) is 4.57. The Morgan fingerprint density at radius 2 is 2.00 bits per heavy atom. The van der Waals surface area contributed by atoms with E-state index in [1.165, 1.54) is 16.2 Å². The third kappa shape index (κ3) is 3.96. The van der Waals surface area contributed by atoms with Gasteiger partial charge in [-0.3, -0.25) is 9.69 Å². The Morgan fingerprint density at radius 1 is 1.14 bits per heavy atom.